The first-order valence-corrected chi connectivity index (χ1v) is 11.2. The van der Waals surface area contributed by atoms with E-state index in [2.05, 4.69) is 43.3 Å². The molecule has 1 aromatic carbocycles. The molecule has 0 radical (unpaired) electrons. The van der Waals surface area contributed by atoms with Gasteiger partial charge in [0.2, 0.25) is 12.7 Å². The predicted octanol–water partition coefficient (Wildman–Crippen LogP) is 3.29. The first-order valence-electron chi connectivity index (χ1n) is 11.2. The summed E-state index contributed by atoms with van der Waals surface area (Å²) in [4.78, 5) is 12.9. The average molecular weight is 428 g/mol. The summed E-state index contributed by atoms with van der Waals surface area (Å²) in [5, 5.41) is 7.85. The highest BCUT2D eigenvalue weighted by molar-refractivity contribution is 5.79. The molecule has 1 aromatic heterocycles. The van der Waals surface area contributed by atoms with E-state index >= 15 is 0 Å². The summed E-state index contributed by atoms with van der Waals surface area (Å²) in [7, 11) is 0. The quantitative estimate of drug-likeness (QED) is 0.734. The Morgan fingerprint density at radius 1 is 1.19 bits per heavy atom. The van der Waals surface area contributed by atoms with Gasteiger partial charge in [-0.1, -0.05) is 19.9 Å². The Kier molecular flexibility index (Phi) is 6.23. The van der Waals surface area contributed by atoms with E-state index in [4.69, 9.17) is 14.2 Å². The van der Waals surface area contributed by atoms with Gasteiger partial charge in [-0.3, -0.25) is 9.48 Å². The van der Waals surface area contributed by atoms with Crippen LogP contribution in [0.3, 0.4) is 0 Å². The van der Waals surface area contributed by atoms with Crippen molar-refractivity contribution in [2.75, 3.05) is 26.6 Å². The molecule has 0 spiro atoms. The number of nitrogens with one attached hydrogen (secondary N) is 1. The standard InChI is InChI=1S/C24H33N3O4/c1-16(2)13-27-18(4)20(17(3)26-27)12-23(28)25-14-24(7-9-29-10-8-24)19-5-6-21-22(11-19)31-15-30-21/h5-6,11,16H,7-10,12-15H2,1-4H3,(H,25,28). The lowest BCUT2D eigenvalue weighted by Gasteiger charge is -2.38. The second-order valence-electron chi connectivity index (χ2n) is 9.14. The van der Waals surface area contributed by atoms with Crippen LogP contribution in [-0.2, 0) is 27.9 Å². The molecule has 2 aromatic rings. The minimum absolute atomic E-state index is 0.0295. The van der Waals surface area contributed by atoms with Gasteiger partial charge >= 0.3 is 0 Å². The zero-order valence-electron chi connectivity index (χ0n) is 19.0. The Morgan fingerprint density at radius 2 is 1.94 bits per heavy atom. The van der Waals surface area contributed by atoms with Gasteiger partial charge in [0, 0.05) is 43.0 Å². The van der Waals surface area contributed by atoms with E-state index in [0.29, 0.717) is 32.1 Å². The number of carbonyl (C=O) groups excluding carboxylic acids is 1. The van der Waals surface area contributed by atoms with Crippen molar-refractivity contribution in [1.82, 2.24) is 15.1 Å². The molecule has 0 saturated carbocycles. The molecule has 0 bridgehead atoms. The molecule has 0 aliphatic carbocycles. The van der Waals surface area contributed by atoms with Gasteiger partial charge in [-0.05, 0) is 50.3 Å². The van der Waals surface area contributed by atoms with Gasteiger partial charge < -0.3 is 19.5 Å². The molecule has 1 saturated heterocycles. The first kappa shape index (κ1) is 21.7. The van der Waals surface area contributed by atoms with E-state index in [0.717, 1.165) is 53.4 Å². The van der Waals surface area contributed by atoms with Crippen LogP contribution in [0.2, 0.25) is 0 Å². The van der Waals surface area contributed by atoms with Gasteiger partial charge in [-0.15, -0.1) is 0 Å². The third-order valence-electron chi connectivity index (χ3n) is 6.47. The van der Waals surface area contributed by atoms with E-state index in [1.807, 2.05) is 17.7 Å². The molecule has 2 aliphatic heterocycles. The second-order valence-corrected chi connectivity index (χ2v) is 9.14. The van der Waals surface area contributed by atoms with Crippen molar-refractivity contribution in [2.24, 2.45) is 5.92 Å². The Hall–Kier alpha value is -2.54. The van der Waals surface area contributed by atoms with Gasteiger partial charge in [-0.25, -0.2) is 0 Å². The summed E-state index contributed by atoms with van der Waals surface area (Å²) in [5.74, 6) is 2.09. The molecule has 1 amide bonds. The number of nitrogens with zero attached hydrogens (tertiary/aromatic N) is 2. The van der Waals surface area contributed by atoms with Gasteiger partial charge in [-0.2, -0.15) is 5.10 Å². The molecule has 7 nitrogen and oxygen atoms in total. The minimum atomic E-state index is -0.166. The van der Waals surface area contributed by atoms with Crippen LogP contribution in [0.5, 0.6) is 11.5 Å². The lowest BCUT2D eigenvalue weighted by atomic mass is 9.74. The zero-order chi connectivity index (χ0) is 22.0. The maximum Gasteiger partial charge on any atom is 0.231 e. The number of hydrogen-bond acceptors (Lipinski definition) is 5. The number of fused-ring (bicyclic) bond motifs is 1. The fraction of sp³-hybridized carbons (Fsp3) is 0.583. The number of aromatic nitrogens is 2. The summed E-state index contributed by atoms with van der Waals surface area (Å²) in [6.45, 7) is 11.5. The molecule has 4 rings (SSSR count). The molecule has 0 unspecified atom stereocenters. The van der Waals surface area contributed by atoms with Gasteiger partial charge in [0.1, 0.15) is 0 Å². The number of aryl methyl sites for hydroxylation is 1. The van der Waals surface area contributed by atoms with Crippen LogP contribution in [0, 0.1) is 19.8 Å². The van der Waals surface area contributed by atoms with Gasteiger partial charge in [0.05, 0.1) is 12.1 Å². The van der Waals surface area contributed by atoms with Crippen LogP contribution in [0.1, 0.15) is 49.2 Å². The van der Waals surface area contributed by atoms with E-state index in [1.54, 1.807) is 0 Å². The third kappa shape index (κ3) is 4.56. The fourth-order valence-corrected chi connectivity index (χ4v) is 4.56. The largest absolute Gasteiger partial charge is 0.454 e. The van der Waals surface area contributed by atoms with Crippen LogP contribution in [0.4, 0.5) is 0 Å². The van der Waals surface area contributed by atoms with E-state index in [-0.39, 0.29) is 18.1 Å². The lowest BCUT2D eigenvalue weighted by molar-refractivity contribution is -0.121. The SMILES string of the molecule is Cc1nn(CC(C)C)c(C)c1CC(=O)NCC1(c2ccc3c(c2)OCO3)CCOCC1. The second kappa shape index (κ2) is 8.91. The van der Waals surface area contributed by atoms with Crippen LogP contribution in [0.15, 0.2) is 18.2 Å². The van der Waals surface area contributed by atoms with Crippen LogP contribution >= 0.6 is 0 Å². The normalized spacial score (nSPS) is 17.2. The number of hydrogen-bond donors (Lipinski definition) is 1. The van der Waals surface area contributed by atoms with Gasteiger partial charge in [0.15, 0.2) is 11.5 Å². The van der Waals surface area contributed by atoms with Crippen LogP contribution in [-0.4, -0.2) is 42.2 Å². The zero-order valence-corrected chi connectivity index (χ0v) is 19.0. The Balaban J connectivity index is 1.47. The molecule has 3 heterocycles. The van der Waals surface area contributed by atoms with Crippen molar-refractivity contribution in [1.29, 1.82) is 0 Å². The molecule has 1 N–H and O–H groups in total. The highest BCUT2D eigenvalue weighted by Crippen LogP contribution is 2.40. The van der Waals surface area contributed by atoms with E-state index in [1.165, 1.54) is 0 Å². The van der Waals surface area contributed by atoms with Gasteiger partial charge in [0.25, 0.3) is 0 Å². The third-order valence-corrected chi connectivity index (χ3v) is 6.47. The Morgan fingerprint density at radius 3 is 2.68 bits per heavy atom. The molecule has 7 heteroatoms. The molecular weight excluding hydrogens is 394 g/mol. The Bertz CT molecular complexity index is 945. The maximum atomic E-state index is 12.9. The molecule has 1 fully saturated rings. The molecular formula is C24H33N3O4. The summed E-state index contributed by atoms with van der Waals surface area (Å²) in [6.07, 6.45) is 2.07. The number of rotatable bonds is 7. The van der Waals surface area contributed by atoms with Crippen molar-refractivity contribution in [3.63, 3.8) is 0 Å². The average Bonchev–Trinajstić information content (AvgIpc) is 3.32. The highest BCUT2D eigenvalue weighted by Gasteiger charge is 2.36. The molecule has 2 aliphatic rings. The number of ether oxygens (including phenoxy) is 3. The minimum Gasteiger partial charge on any atom is -0.454 e. The number of amides is 1. The van der Waals surface area contributed by atoms with Crippen molar-refractivity contribution in [2.45, 2.75) is 58.9 Å². The Labute approximate surface area is 184 Å². The van der Waals surface area contributed by atoms with Crippen molar-refractivity contribution in [3.05, 3.63) is 40.7 Å². The fourth-order valence-electron chi connectivity index (χ4n) is 4.56. The van der Waals surface area contributed by atoms with E-state index in [9.17, 15) is 4.79 Å². The van der Waals surface area contributed by atoms with Crippen LogP contribution < -0.4 is 14.8 Å². The van der Waals surface area contributed by atoms with Crippen molar-refractivity contribution < 1.29 is 19.0 Å². The van der Waals surface area contributed by atoms with Crippen LogP contribution in [0.25, 0.3) is 0 Å². The number of benzene rings is 1. The van der Waals surface area contributed by atoms with Crippen molar-refractivity contribution >= 4 is 5.91 Å². The summed E-state index contributed by atoms with van der Waals surface area (Å²) in [5.41, 5.74) is 4.04. The summed E-state index contributed by atoms with van der Waals surface area (Å²) in [6, 6.07) is 6.12. The lowest BCUT2D eigenvalue weighted by Crippen LogP contribution is -2.45. The van der Waals surface area contributed by atoms with E-state index < -0.39 is 0 Å². The smallest absolute Gasteiger partial charge is 0.231 e. The predicted molar refractivity (Wildman–Crippen MR) is 118 cm³/mol. The topological polar surface area (TPSA) is 74.6 Å². The molecule has 31 heavy (non-hydrogen) atoms. The first-order chi connectivity index (χ1) is 14.9. The monoisotopic (exact) mass is 427 g/mol. The summed E-state index contributed by atoms with van der Waals surface area (Å²) < 4.78 is 18.7. The molecule has 0 atom stereocenters. The van der Waals surface area contributed by atoms with Crippen molar-refractivity contribution in [3.8, 4) is 11.5 Å². The number of carbonyl (C=O) groups is 1. The highest BCUT2D eigenvalue weighted by atomic mass is 16.7. The molecule has 168 valence electrons. The maximum absolute atomic E-state index is 12.9. The summed E-state index contributed by atoms with van der Waals surface area (Å²) >= 11 is 0.